The van der Waals surface area contributed by atoms with Gasteiger partial charge in [0.05, 0.1) is 12.5 Å². The van der Waals surface area contributed by atoms with Gasteiger partial charge in [-0.25, -0.2) is 8.78 Å². The van der Waals surface area contributed by atoms with Gasteiger partial charge in [-0.2, -0.15) is 0 Å². The van der Waals surface area contributed by atoms with Crippen molar-refractivity contribution in [3.8, 4) is 0 Å². The molecule has 0 aliphatic carbocycles. The molecule has 0 unspecified atom stereocenters. The number of nitrogens with one attached hydrogen (secondary N) is 1. The lowest BCUT2D eigenvalue weighted by Crippen LogP contribution is -2.14. The highest BCUT2D eigenvalue weighted by atomic mass is 19.1. The molecule has 0 aliphatic rings. The molecule has 0 saturated carbocycles. The molecule has 0 aliphatic heterocycles. The number of benzene rings is 1. The van der Waals surface area contributed by atoms with Crippen LogP contribution in [0.3, 0.4) is 0 Å². The number of halogens is 2. The summed E-state index contributed by atoms with van der Waals surface area (Å²) in [5.74, 6) is -1.06. The first-order chi connectivity index (χ1) is 7.77. The van der Waals surface area contributed by atoms with Gasteiger partial charge in [0.15, 0.2) is 0 Å². The van der Waals surface area contributed by atoms with Crippen LogP contribution in [-0.4, -0.2) is 0 Å². The third-order valence-electron chi connectivity index (χ3n) is 2.27. The van der Waals surface area contributed by atoms with Crippen molar-refractivity contribution in [2.24, 2.45) is 0 Å². The van der Waals surface area contributed by atoms with E-state index >= 15 is 0 Å². The predicted octanol–water partition coefficient (Wildman–Crippen LogP) is 2.85. The van der Waals surface area contributed by atoms with Crippen LogP contribution in [0.2, 0.25) is 0 Å². The number of furan rings is 1. The zero-order valence-corrected chi connectivity index (χ0v) is 8.54. The zero-order chi connectivity index (χ0) is 11.4. The fraction of sp³-hybridized carbons (Fsp3) is 0.167. The van der Waals surface area contributed by atoms with Crippen molar-refractivity contribution in [2.45, 2.75) is 13.1 Å². The molecule has 84 valence electrons. The lowest BCUT2D eigenvalue weighted by molar-refractivity contribution is 0.532. The van der Waals surface area contributed by atoms with Crippen LogP contribution in [0, 0.1) is 11.6 Å². The lowest BCUT2D eigenvalue weighted by Gasteiger charge is -2.05. The minimum atomic E-state index is -0.528. The van der Waals surface area contributed by atoms with E-state index < -0.39 is 11.6 Å². The summed E-state index contributed by atoms with van der Waals surface area (Å²) in [5, 5.41) is 2.95. The smallest absolute Gasteiger partial charge is 0.130 e. The lowest BCUT2D eigenvalue weighted by atomic mass is 10.2. The molecule has 2 nitrogen and oxygen atoms in total. The molecule has 2 rings (SSSR count). The van der Waals surface area contributed by atoms with Gasteiger partial charge in [-0.1, -0.05) is 6.07 Å². The summed E-state index contributed by atoms with van der Waals surface area (Å²) in [6.07, 6.45) is 3.14. The number of rotatable bonds is 4. The fourth-order valence-electron chi connectivity index (χ4n) is 1.43. The standard InChI is InChI=1S/C12H11F2NO/c13-11-2-1-3-12(14)10(11)7-15-6-9-4-5-16-8-9/h1-5,8,15H,6-7H2. The molecule has 16 heavy (non-hydrogen) atoms. The van der Waals surface area contributed by atoms with Crippen LogP contribution in [0.4, 0.5) is 8.78 Å². The average molecular weight is 223 g/mol. The van der Waals surface area contributed by atoms with Crippen molar-refractivity contribution in [1.82, 2.24) is 5.32 Å². The minimum Gasteiger partial charge on any atom is -0.472 e. The molecular weight excluding hydrogens is 212 g/mol. The third kappa shape index (κ3) is 2.46. The zero-order valence-electron chi connectivity index (χ0n) is 8.54. The van der Waals surface area contributed by atoms with Crippen molar-refractivity contribution < 1.29 is 13.2 Å². The maximum Gasteiger partial charge on any atom is 0.130 e. The molecule has 0 radical (unpaired) electrons. The molecule has 0 atom stereocenters. The summed E-state index contributed by atoms with van der Waals surface area (Å²) < 4.78 is 31.3. The number of hydrogen-bond donors (Lipinski definition) is 1. The molecular formula is C12H11F2NO. The fourth-order valence-corrected chi connectivity index (χ4v) is 1.43. The molecule has 4 heteroatoms. The average Bonchev–Trinajstić information content (AvgIpc) is 2.75. The van der Waals surface area contributed by atoms with Gasteiger partial charge in [-0.05, 0) is 18.2 Å². The van der Waals surface area contributed by atoms with Crippen LogP contribution in [0.5, 0.6) is 0 Å². The van der Waals surface area contributed by atoms with E-state index in [0.717, 1.165) is 5.56 Å². The molecule has 1 N–H and O–H groups in total. The second kappa shape index (κ2) is 4.90. The molecule has 0 spiro atoms. The van der Waals surface area contributed by atoms with Crippen LogP contribution in [0.25, 0.3) is 0 Å². The Morgan fingerprint density at radius 2 is 1.81 bits per heavy atom. The van der Waals surface area contributed by atoms with E-state index in [2.05, 4.69) is 5.32 Å². The second-order valence-corrected chi connectivity index (χ2v) is 3.44. The first-order valence-electron chi connectivity index (χ1n) is 4.92. The highest BCUT2D eigenvalue weighted by Crippen LogP contribution is 2.11. The van der Waals surface area contributed by atoms with E-state index in [0.29, 0.717) is 6.54 Å². The van der Waals surface area contributed by atoms with Gasteiger partial charge in [0, 0.05) is 24.2 Å². The van der Waals surface area contributed by atoms with Crippen molar-refractivity contribution >= 4 is 0 Å². The molecule has 1 aromatic heterocycles. The van der Waals surface area contributed by atoms with Gasteiger partial charge < -0.3 is 9.73 Å². The monoisotopic (exact) mass is 223 g/mol. The van der Waals surface area contributed by atoms with E-state index in [1.54, 1.807) is 18.6 Å². The van der Waals surface area contributed by atoms with E-state index in [9.17, 15) is 8.78 Å². The van der Waals surface area contributed by atoms with Crippen LogP contribution in [0.15, 0.2) is 41.2 Å². The summed E-state index contributed by atoms with van der Waals surface area (Å²) in [6, 6.07) is 5.64. The van der Waals surface area contributed by atoms with Crippen molar-refractivity contribution in [3.63, 3.8) is 0 Å². The molecule has 1 heterocycles. The highest BCUT2D eigenvalue weighted by Gasteiger charge is 2.07. The summed E-state index contributed by atoms with van der Waals surface area (Å²) in [5.41, 5.74) is 1.00. The third-order valence-corrected chi connectivity index (χ3v) is 2.27. The van der Waals surface area contributed by atoms with E-state index in [1.165, 1.54) is 18.2 Å². The first-order valence-corrected chi connectivity index (χ1v) is 4.92. The quantitative estimate of drug-likeness (QED) is 0.862. The van der Waals surface area contributed by atoms with Gasteiger partial charge >= 0.3 is 0 Å². The Labute approximate surface area is 91.9 Å². The van der Waals surface area contributed by atoms with Gasteiger partial charge in [-0.15, -0.1) is 0 Å². The molecule has 0 saturated heterocycles. The Morgan fingerprint density at radius 1 is 1.06 bits per heavy atom. The van der Waals surface area contributed by atoms with Gasteiger partial charge in [-0.3, -0.25) is 0 Å². The molecule has 1 aromatic carbocycles. The van der Waals surface area contributed by atoms with Crippen LogP contribution in [-0.2, 0) is 13.1 Å². The van der Waals surface area contributed by atoms with E-state index in [-0.39, 0.29) is 12.1 Å². The Hall–Kier alpha value is -1.68. The topological polar surface area (TPSA) is 25.2 Å². The Bertz CT molecular complexity index is 434. The molecule has 0 amide bonds. The Balaban J connectivity index is 1.95. The van der Waals surface area contributed by atoms with Crippen LogP contribution >= 0.6 is 0 Å². The normalized spacial score (nSPS) is 10.6. The van der Waals surface area contributed by atoms with Gasteiger partial charge in [0.2, 0.25) is 0 Å². The summed E-state index contributed by atoms with van der Waals surface area (Å²) in [4.78, 5) is 0. The molecule has 2 aromatic rings. The van der Waals surface area contributed by atoms with Gasteiger partial charge in [0.25, 0.3) is 0 Å². The van der Waals surface area contributed by atoms with Crippen molar-refractivity contribution in [1.29, 1.82) is 0 Å². The molecule has 0 fully saturated rings. The van der Waals surface area contributed by atoms with Crippen molar-refractivity contribution in [2.75, 3.05) is 0 Å². The Kier molecular flexibility index (Phi) is 3.31. The van der Waals surface area contributed by atoms with Crippen molar-refractivity contribution in [3.05, 3.63) is 59.6 Å². The number of hydrogen-bond acceptors (Lipinski definition) is 2. The summed E-state index contributed by atoms with van der Waals surface area (Å²) >= 11 is 0. The largest absolute Gasteiger partial charge is 0.472 e. The van der Waals surface area contributed by atoms with Gasteiger partial charge in [0.1, 0.15) is 11.6 Å². The maximum absolute atomic E-state index is 13.2. The first kappa shape index (κ1) is 10.8. The van der Waals surface area contributed by atoms with Crippen LogP contribution in [0.1, 0.15) is 11.1 Å². The summed E-state index contributed by atoms with van der Waals surface area (Å²) in [6.45, 7) is 0.675. The summed E-state index contributed by atoms with van der Waals surface area (Å²) in [7, 11) is 0. The minimum absolute atomic E-state index is 0.0611. The maximum atomic E-state index is 13.2. The van der Waals surface area contributed by atoms with E-state index in [4.69, 9.17) is 4.42 Å². The SMILES string of the molecule is Fc1cccc(F)c1CNCc1ccoc1. The second-order valence-electron chi connectivity index (χ2n) is 3.44. The molecule has 0 bridgehead atoms. The predicted molar refractivity (Wildman–Crippen MR) is 55.6 cm³/mol. The Morgan fingerprint density at radius 3 is 2.44 bits per heavy atom. The highest BCUT2D eigenvalue weighted by molar-refractivity contribution is 5.19. The van der Waals surface area contributed by atoms with E-state index in [1.807, 2.05) is 0 Å². The van der Waals surface area contributed by atoms with Crippen LogP contribution < -0.4 is 5.32 Å².